The molecule has 6 heteroatoms. The largest absolute Gasteiger partial charge is 0.462 e. The Labute approximate surface area is 374 Å². The molecule has 0 amide bonds. The van der Waals surface area contributed by atoms with E-state index in [1.165, 1.54) is 186 Å². The Kier molecular flexibility index (Phi) is 45.7. The highest BCUT2D eigenvalue weighted by Crippen LogP contribution is 2.18. The van der Waals surface area contributed by atoms with Crippen molar-refractivity contribution in [3.8, 4) is 0 Å². The quantitative estimate of drug-likeness (QED) is 0.0345. The van der Waals surface area contributed by atoms with Crippen molar-refractivity contribution in [2.75, 3.05) is 13.2 Å². The molecule has 0 aromatic rings. The summed E-state index contributed by atoms with van der Waals surface area (Å²) < 4.78 is 16.8. The minimum Gasteiger partial charge on any atom is -0.462 e. The van der Waals surface area contributed by atoms with Gasteiger partial charge in [-0.15, -0.1) is 0 Å². The normalized spacial score (nSPS) is 12.9. The van der Waals surface area contributed by atoms with E-state index in [-0.39, 0.29) is 31.1 Å². The lowest BCUT2D eigenvalue weighted by Gasteiger charge is -2.18. The number of hydrogen-bond acceptors (Lipinski definition) is 6. The van der Waals surface area contributed by atoms with Gasteiger partial charge in [-0.05, 0) is 31.1 Å². The van der Waals surface area contributed by atoms with Crippen molar-refractivity contribution in [1.29, 1.82) is 0 Å². The second-order valence-electron chi connectivity index (χ2n) is 19.0. The first-order valence-corrected chi connectivity index (χ1v) is 26.8. The van der Waals surface area contributed by atoms with Crippen molar-refractivity contribution in [2.24, 2.45) is 11.8 Å². The minimum atomic E-state index is -0.763. The molecule has 0 saturated carbocycles. The summed E-state index contributed by atoms with van der Waals surface area (Å²) in [6.07, 6.45) is 48.0. The van der Waals surface area contributed by atoms with E-state index in [0.717, 1.165) is 69.6 Å². The summed E-state index contributed by atoms with van der Waals surface area (Å²) in [6, 6.07) is 0. The van der Waals surface area contributed by atoms with E-state index in [4.69, 9.17) is 14.2 Å². The molecule has 0 rings (SSSR count). The van der Waals surface area contributed by atoms with Crippen LogP contribution >= 0.6 is 0 Å². The highest BCUT2D eigenvalue weighted by atomic mass is 16.6. The van der Waals surface area contributed by atoms with Crippen LogP contribution in [-0.2, 0) is 28.6 Å². The lowest BCUT2D eigenvalue weighted by Crippen LogP contribution is -2.30. The van der Waals surface area contributed by atoms with Crippen LogP contribution in [0.15, 0.2) is 0 Å². The fourth-order valence-corrected chi connectivity index (χ4v) is 8.10. The summed E-state index contributed by atoms with van der Waals surface area (Å²) >= 11 is 0. The Balaban J connectivity index is 4.28. The average molecular weight is 849 g/mol. The number of unbranched alkanes of at least 4 members (excludes halogenated alkanes) is 31. The third-order valence-electron chi connectivity index (χ3n) is 12.9. The molecule has 0 spiro atoms. The van der Waals surface area contributed by atoms with Gasteiger partial charge in [0.15, 0.2) is 6.10 Å². The van der Waals surface area contributed by atoms with Crippen LogP contribution in [0.1, 0.15) is 298 Å². The van der Waals surface area contributed by atoms with Gasteiger partial charge in [-0.2, -0.15) is 0 Å². The van der Waals surface area contributed by atoms with E-state index < -0.39 is 6.10 Å². The summed E-state index contributed by atoms with van der Waals surface area (Å²) in [4.78, 5) is 38.0. The van der Waals surface area contributed by atoms with E-state index in [1.807, 2.05) is 0 Å². The summed E-state index contributed by atoms with van der Waals surface area (Å²) in [5.41, 5.74) is 0. The van der Waals surface area contributed by atoms with Gasteiger partial charge in [0.2, 0.25) is 0 Å². The van der Waals surface area contributed by atoms with Gasteiger partial charge < -0.3 is 14.2 Å². The number of carbonyl (C=O) groups is 3. The molecule has 60 heavy (non-hydrogen) atoms. The number of hydrogen-bond donors (Lipinski definition) is 0. The van der Waals surface area contributed by atoms with E-state index in [0.29, 0.717) is 19.3 Å². The second-order valence-corrected chi connectivity index (χ2v) is 19.0. The Hall–Kier alpha value is -1.59. The summed E-state index contributed by atoms with van der Waals surface area (Å²) in [5, 5.41) is 0. The topological polar surface area (TPSA) is 78.9 Å². The van der Waals surface area contributed by atoms with Crippen molar-refractivity contribution >= 4 is 17.9 Å². The zero-order chi connectivity index (χ0) is 44.0. The summed E-state index contributed by atoms with van der Waals surface area (Å²) in [7, 11) is 0. The first kappa shape index (κ1) is 58.4. The third kappa shape index (κ3) is 44.5. The van der Waals surface area contributed by atoms with Crippen molar-refractivity contribution in [1.82, 2.24) is 0 Å². The molecule has 6 nitrogen and oxygen atoms in total. The highest BCUT2D eigenvalue weighted by Gasteiger charge is 2.19. The van der Waals surface area contributed by atoms with Crippen LogP contribution in [0.5, 0.6) is 0 Å². The van der Waals surface area contributed by atoms with Gasteiger partial charge >= 0.3 is 17.9 Å². The number of rotatable bonds is 48. The molecule has 0 heterocycles. The molecule has 356 valence electrons. The first-order chi connectivity index (χ1) is 29.3. The standard InChI is InChI=1S/C54H104O6/c1-6-9-10-11-12-13-14-15-16-17-18-19-20-21-22-29-34-39-44-52(55)58-47-51(60-54(57)46-41-36-31-26-24-28-33-38-43-50(5)8-3)48-59-53(56)45-40-35-30-25-23-27-32-37-42-49(4)7-2/h49-51H,6-48H2,1-5H3/t49?,50?,51-/m0/s1. The van der Waals surface area contributed by atoms with Gasteiger partial charge in [-0.3, -0.25) is 14.4 Å². The number of esters is 3. The van der Waals surface area contributed by atoms with Gasteiger partial charge in [0, 0.05) is 19.3 Å². The lowest BCUT2D eigenvalue weighted by atomic mass is 9.99. The van der Waals surface area contributed by atoms with Gasteiger partial charge in [0.1, 0.15) is 13.2 Å². The van der Waals surface area contributed by atoms with E-state index in [9.17, 15) is 14.4 Å². The predicted octanol–water partition coefficient (Wildman–Crippen LogP) is 17.3. The van der Waals surface area contributed by atoms with E-state index in [1.54, 1.807) is 0 Å². The SMILES string of the molecule is CCCCCCCCCCCCCCCCCCCCC(=O)OC[C@@H](COC(=O)CCCCCCCCCCC(C)CC)OC(=O)CCCCCCCCCCC(C)CC. The summed E-state index contributed by atoms with van der Waals surface area (Å²) in [6.45, 7) is 11.4. The van der Waals surface area contributed by atoms with Crippen molar-refractivity contribution in [3.63, 3.8) is 0 Å². The Morgan fingerprint density at radius 1 is 0.333 bits per heavy atom. The molecule has 0 N–H and O–H groups in total. The molecule has 0 aliphatic carbocycles. The monoisotopic (exact) mass is 849 g/mol. The third-order valence-corrected chi connectivity index (χ3v) is 12.9. The van der Waals surface area contributed by atoms with E-state index >= 15 is 0 Å². The molecule has 2 unspecified atom stereocenters. The van der Waals surface area contributed by atoms with Crippen LogP contribution in [-0.4, -0.2) is 37.2 Å². The van der Waals surface area contributed by atoms with Gasteiger partial charge in [-0.25, -0.2) is 0 Å². The molecule has 0 radical (unpaired) electrons. The van der Waals surface area contributed by atoms with Crippen LogP contribution in [0.4, 0.5) is 0 Å². The highest BCUT2D eigenvalue weighted by molar-refractivity contribution is 5.71. The molecular formula is C54H104O6. The van der Waals surface area contributed by atoms with Gasteiger partial charge in [-0.1, -0.05) is 259 Å². The molecular weight excluding hydrogens is 745 g/mol. The number of ether oxygens (including phenoxy) is 3. The second kappa shape index (κ2) is 46.9. The van der Waals surface area contributed by atoms with Crippen molar-refractivity contribution < 1.29 is 28.6 Å². The maximum Gasteiger partial charge on any atom is 0.306 e. The van der Waals surface area contributed by atoms with Crippen LogP contribution < -0.4 is 0 Å². The fourth-order valence-electron chi connectivity index (χ4n) is 8.10. The Morgan fingerprint density at radius 3 is 0.867 bits per heavy atom. The van der Waals surface area contributed by atoms with Crippen LogP contribution in [0, 0.1) is 11.8 Å². The van der Waals surface area contributed by atoms with Crippen molar-refractivity contribution in [3.05, 3.63) is 0 Å². The molecule has 0 aromatic heterocycles. The fraction of sp³-hybridized carbons (Fsp3) is 0.944. The summed E-state index contributed by atoms with van der Waals surface area (Å²) in [5.74, 6) is 0.843. The van der Waals surface area contributed by atoms with Gasteiger partial charge in [0.25, 0.3) is 0 Å². The van der Waals surface area contributed by atoms with E-state index in [2.05, 4.69) is 34.6 Å². The molecule has 0 aromatic carbocycles. The molecule has 0 saturated heterocycles. The van der Waals surface area contributed by atoms with Gasteiger partial charge in [0.05, 0.1) is 0 Å². The lowest BCUT2D eigenvalue weighted by molar-refractivity contribution is -0.167. The van der Waals surface area contributed by atoms with Crippen LogP contribution in [0.2, 0.25) is 0 Å². The molecule has 0 bridgehead atoms. The zero-order valence-corrected chi connectivity index (χ0v) is 41.1. The van der Waals surface area contributed by atoms with Crippen LogP contribution in [0.3, 0.4) is 0 Å². The molecule has 0 aliphatic heterocycles. The minimum absolute atomic E-state index is 0.0642. The molecule has 3 atom stereocenters. The maximum absolute atomic E-state index is 12.8. The first-order valence-electron chi connectivity index (χ1n) is 26.8. The predicted molar refractivity (Wildman–Crippen MR) is 256 cm³/mol. The van der Waals surface area contributed by atoms with Crippen molar-refractivity contribution in [2.45, 2.75) is 304 Å². The molecule has 0 aliphatic rings. The Morgan fingerprint density at radius 2 is 0.583 bits per heavy atom. The molecule has 0 fully saturated rings. The van der Waals surface area contributed by atoms with Crippen LogP contribution in [0.25, 0.3) is 0 Å². The average Bonchev–Trinajstić information content (AvgIpc) is 3.25. The maximum atomic E-state index is 12.8. The Bertz CT molecular complexity index is 920. The smallest absolute Gasteiger partial charge is 0.306 e. The zero-order valence-electron chi connectivity index (χ0n) is 41.1. The number of carbonyl (C=O) groups excluding carboxylic acids is 3.